The van der Waals surface area contributed by atoms with E-state index in [4.69, 9.17) is 0 Å². The monoisotopic (exact) mass is 393 g/mol. The Morgan fingerprint density at radius 1 is 1.15 bits per heavy atom. The maximum atomic E-state index is 12.5. The van der Waals surface area contributed by atoms with Gasteiger partial charge in [-0.25, -0.2) is 18.1 Å². The number of nitrogens with one attached hydrogen (secondary N) is 1. The van der Waals surface area contributed by atoms with E-state index in [0.717, 1.165) is 35.9 Å². The van der Waals surface area contributed by atoms with Crippen molar-refractivity contribution >= 4 is 21.4 Å². The van der Waals surface area contributed by atoms with Gasteiger partial charge in [-0.15, -0.1) is 11.3 Å². The number of aromatic nitrogens is 1. The maximum Gasteiger partial charge on any atom is 0.240 e. The lowest BCUT2D eigenvalue weighted by Gasteiger charge is -2.25. The lowest BCUT2D eigenvalue weighted by molar-refractivity contribution is 0.219. The quantitative estimate of drug-likeness (QED) is 0.778. The standard InChI is InChI=1S/C19H27N3O2S2/c1-15(2)16-6-8-18(9-7-16)26(23,24)20-12-19-21-17(14-25-19)13-22-10-4-3-5-11-22/h6-9,14-15,20H,3-5,10-13H2,1-2H3. The second-order valence-corrected chi connectivity index (χ2v) is 9.83. The van der Waals surface area contributed by atoms with E-state index >= 15 is 0 Å². The molecule has 26 heavy (non-hydrogen) atoms. The van der Waals surface area contributed by atoms with Crippen molar-refractivity contribution in [3.8, 4) is 0 Å². The van der Waals surface area contributed by atoms with E-state index in [1.807, 2.05) is 17.5 Å². The zero-order chi connectivity index (χ0) is 18.6. The Kier molecular flexibility index (Phi) is 6.45. The van der Waals surface area contributed by atoms with Gasteiger partial charge in [0.2, 0.25) is 10.0 Å². The van der Waals surface area contributed by atoms with Gasteiger partial charge in [0.15, 0.2) is 0 Å². The highest BCUT2D eigenvalue weighted by Gasteiger charge is 2.16. The van der Waals surface area contributed by atoms with E-state index in [1.54, 1.807) is 12.1 Å². The molecule has 1 fully saturated rings. The summed E-state index contributed by atoms with van der Waals surface area (Å²) >= 11 is 1.52. The van der Waals surface area contributed by atoms with Crippen LogP contribution in [0.4, 0.5) is 0 Å². The lowest BCUT2D eigenvalue weighted by Crippen LogP contribution is -2.29. The third-order valence-corrected chi connectivity index (χ3v) is 7.02. The highest BCUT2D eigenvalue weighted by molar-refractivity contribution is 7.89. The smallest absolute Gasteiger partial charge is 0.240 e. The lowest BCUT2D eigenvalue weighted by atomic mass is 10.0. The Labute approximate surface area is 160 Å². The number of likely N-dealkylation sites (tertiary alicyclic amines) is 1. The molecule has 2 heterocycles. The van der Waals surface area contributed by atoms with Crippen LogP contribution in [-0.2, 0) is 23.1 Å². The second kappa shape index (κ2) is 8.61. The summed E-state index contributed by atoms with van der Waals surface area (Å²) < 4.78 is 27.6. The van der Waals surface area contributed by atoms with Gasteiger partial charge in [-0.3, -0.25) is 4.90 Å². The first-order valence-electron chi connectivity index (χ1n) is 9.19. The first-order valence-corrected chi connectivity index (χ1v) is 11.6. The first-order chi connectivity index (χ1) is 12.4. The minimum absolute atomic E-state index is 0.235. The molecule has 1 aliphatic rings. The first kappa shape index (κ1) is 19.5. The summed E-state index contributed by atoms with van der Waals surface area (Å²) in [7, 11) is -3.51. The third kappa shape index (κ3) is 5.13. The number of piperidine rings is 1. The Hall–Kier alpha value is -1.28. The minimum atomic E-state index is -3.51. The van der Waals surface area contributed by atoms with Crippen LogP contribution in [0.1, 0.15) is 55.3 Å². The number of hydrogen-bond donors (Lipinski definition) is 1. The van der Waals surface area contributed by atoms with Gasteiger partial charge >= 0.3 is 0 Å². The SMILES string of the molecule is CC(C)c1ccc(S(=O)(=O)NCc2nc(CN3CCCCC3)cs2)cc1. The molecule has 0 atom stereocenters. The van der Waals surface area contributed by atoms with Crippen molar-refractivity contribution in [2.24, 2.45) is 0 Å². The van der Waals surface area contributed by atoms with Crippen molar-refractivity contribution in [3.05, 3.63) is 45.9 Å². The van der Waals surface area contributed by atoms with Crippen molar-refractivity contribution in [2.45, 2.75) is 57.0 Å². The predicted molar refractivity (Wildman–Crippen MR) is 106 cm³/mol. The van der Waals surface area contributed by atoms with Crippen molar-refractivity contribution in [1.82, 2.24) is 14.6 Å². The number of sulfonamides is 1. The van der Waals surface area contributed by atoms with E-state index in [2.05, 4.69) is 28.5 Å². The molecule has 0 bridgehead atoms. The van der Waals surface area contributed by atoms with Gasteiger partial charge in [-0.1, -0.05) is 32.4 Å². The summed E-state index contributed by atoms with van der Waals surface area (Å²) in [5.41, 5.74) is 2.17. The molecule has 5 nitrogen and oxygen atoms in total. The summed E-state index contributed by atoms with van der Waals surface area (Å²) in [6.07, 6.45) is 3.83. The normalized spacial score (nSPS) is 16.3. The van der Waals surface area contributed by atoms with Crippen LogP contribution in [0.5, 0.6) is 0 Å². The molecule has 1 aromatic heterocycles. The highest BCUT2D eigenvalue weighted by Crippen LogP contribution is 2.19. The predicted octanol–water partition coefficient (Wildman–Crippen LogP) is 3.73. The van der Waals surface area contributed by atoms with E-state index in [-0.39, 0.29) is 6.54 Å². The molecule has 7 heteroatoms. The molecule has 142 valence electrons. The van der Waals surface area contributed by atoms with Gasteiger partial charge in [0.05, 0.1) is 17.1 Å². The Balaban J connectivity index is 1.57. The topological polar surface area (TPSA) is 62.3 Å². The molecule has 3 rings (SSSR count). The largest absolute Gasteiger partial charge is 0.297 e. The van der Waals surface area contributed by atoms with Gasteiger partial charge < -0.3 is 0 Å². The van der Waals surface area contributed by atoms with E-state index < -0.39 is 10.0 Å². The van der Waals surface area contributed by atoms with Crippen LogP contribution in [0.2, 0.25) is 0 Å². The third-order valence-electron chi connectivity index (χ3n) is 4.70. The van der Waals surface area contributed by atoms with Crippen LogP contribution in [0.25, 0.3) is 0 Å². The zero-order valence-corrected chi connectivity index (χ0v) is 17.1. The van der Waals surface area contributed by atoms with Crippen LogP contribution in [0, 0.1) is 0 Å². The van der Waals surface area contributed by atoms with Gasteiger partial charge in [-0.05, 0) is 49.5 Å². The average molecular weight is 394 g/mol. The van der Waals surface area contributed by atoms with Crippen molar-refractivity contribution in [2.75, 3.05) is 13.1 Å². The molecule has 0 amide bonds. The molecular formula is C19H27N3O2S2. The van der Waals surface area contributed by atoms with Crippen molar-refractivity contribution in [1.29, 1.82) is 0 Å². The molecule has 0 radical (unpaired) electrons. The minimum Gasteiger partial charge on any atom is -0.297 e. The second-order valence-electron chi connectivity index (χ2n) is 7.12. The van der Waals surface area contributed by atoms with Crippen molar-refractivity contribution < 1.29 is 8.42 Å². The van der Waals surface area contributed by atoms with Gasteiger partial charge in [0, 0.05) is 11.9 Å². The fourth-order valence-electron chi connectivity index (χ4n) is 3.12. The van der Waals surface area contributed by atoms with Crippen molar-refractivity contribution in [3.63, 3.8) is 0 Å². The summed E-state index contributed by atoms with van der Waals surface area (Å²) in [4.78, 5) is 7.31. The number of thiazole rings is 1. The Morgan fingerprint density at radius 2 is 1.85 bits per heavy atom. The van der Waals surface area contributed by atoms with Crippen LogP contribution in [-0.4, -0.2) is 31.4 Å². The molecule has 2 aromatic rings. The molecule has 1 aliphatic heterocycles. The Bertz CT molecular complexity index is 808. The summed E-state index contributed by atoms with van der Waals surface area (Å²) in [6.45, 7) is 7.54. The Morgan fingerprint density at radius 3 is 2.50 bits per heavy atom. The number of hydrogen-bond acceptors (Lipinski definition) is 5. The fraction of sp³-hybridized carbons (Fsp3) is 0.526. The average Bonchev–Trinajstić information content (AvgIpc) is 3.08. The maximum absolute atomic E-state index is 12.5. The highest BCUT2D eigenvalue weighted by atomic mass is 32.2. The van der Waals surface area contributed by atoms with Crippen LogP contribution in [0.15, 0.2) is 34.5 Å². The molecule has 1 aromatic carbocycles. The molecule has 0 unspecified atom stereocenters. The summed E-state index contributed by atoms with van der Waals surface area (Å²) in [6, 6.07) is 7.08. The molecule has 0 aliphatic carbocycles. The van der Waals surface area contributed by atoms with Gasteiger partial charge in [-0.2, -0.15) is 0 Å². The molecule has 0 spiro atoms. The van der Waals surface area contributed by atoms with Crippen LogP contribution < -0.4 is 4.72 Å². The molecule has 0 saturated carbocycles. The number of benzene rings is 1. The van der Waals surface area contributed by atoms with Crippen LogP contribution in [0.3, 0.4) is 0 Å². The summed E-state index contributed by atoms with van der Waals surface area (Å²) in [5.74, 6) is 0.383. The molecule has 1 N–H and O–H groups in total. The van der Waals surface area contributed by atoms with Gasteiger partial charge in [0.1, 0.15) is 5.01 Å². The zero-order valence-electron chi connectivity index (χ0n) is 15.4. The van der Waals surface area contributed by atoms with E-state index in [9.17, 15) is 8.42 Å². The summed E-state index contributed by atoms with van der Waals surface area (Å²) in [5, 5.41) is 2.84. The number of rotatable bonds is 7. The van der Waals surface area contributed by atoms with Crippen LogP contribution >= 0.6 is 11.3 Å². The molecule has 1 saturated heterocycles. The molecular weight excluding hydrogens is 366 g/mol. The van der Waals surface area contributed by atoms with E-state index in [1.165, 1.54) is 30.6 Å². The van der Waals surface area contributed by atoms with Gasteiger partial charge in [0.25, 0.3) is 0 Å². The fourth-order valence-corrected chi connectivity index (χ4v) is 4.93. The van der Waals surface area contributed by atoms with E-state index in [0.29, 0.717) is 10.8 Å². The number of nitrogens with zero attached hydrogens (tertiary/aromatic N) is 2.